The fourth-order valence-corrected chi connectivity index (χ4v) is 3.67. The number of hydrogen-bond donors (Lipinski definition) is 4. The van der Waals surface area contributed by atoms with E-state index in [1.807, 2.05) is 24.3 Å². The molecule has 0 bridgehead atoms. The summed E-state index contributed by atoms with van der Waals surface area (Å²) in [6, 6.07) is 14.5. The maximum Gasteiger partial charge on any atom is 0.240 e. The molecule has 4 N–H and O–H groups in total. The van der Waals surface area contributed by atoms with E-state index < -0.39 is 5.25 Å². The summed E-state index contributed by atoms with van der Waals surface area (Å²) in [6.07, 6.45) is 0.0292. The highest BCUT2D eigenvalue weighted by atomic mass is 35.5. The third-order valence-electron chi connectivity index (χ3n) is 3.49. The molecule has 1 atom stereocenters. The Bertz CT molecular complexity index is 845. The number of carbonyl (C=O) groups is 2. The molecule has 0 aromatic heterocycles. The molecule has 26 heavy (non-hydrogen) atoms. The lowest BCUT2D eigenvalue weighted by molar-refractivity contribution is -0.124. The Kier molecular flexibility index (Phi) is 5.97. The van der Waals surface area contributed by atoms with Crippen molar-refractivity contribution >= 4 is 63.9 Å². The number of hydrogen-bond acceptors (Lipinski definition) is 4. The Morgan fingerprint density at radius 3 is 2.65 bits per heavy atom. The fourth-order valence-electron chi connectivity index (χ4n) is 2.27. The third kappa shape index (κ3) is 4.87. The summed E-state index contributed by atoms with van der Waals surface area (Å²) in [5.74, 6) is -0.525. The van der Waals surface area contributed by atoms with E-state index in [4.69, 9.17) is 23.8 Å². The van der Waals surface area contributed by atoms with Crippen molar-refractivity contribution in [3.8, 4) is 0 Å². The van der Waals surface area contributed by atoms with Crippen LogP contribution in [0.5, 0.6) is 0 Å². The standard InChI is InChI=1S/C17H15ClN4O2S2/c18-10-5-7-11(8-6-10)19-17(25)22-21-15(23)9-14-16(24)20-12-3-1-2-4-13(12)26-14/h1-8,14H,9H2,(H,20,24)(H,21,23)(H2,19,22,25)/t14-/m0/s1. The summed E-state index contributed by atoms with van der Waals surface area (Å²) in [7, 11) is 0. The Balaban J connectivity index is 1.47. The Labute approximate surface area is 165 Å². The minimum Gasteiger partial charge on any atom is -0.331 e. The second kappa shape index (κ2) is 8.39. The maximum atomic E-state index is 12.1. The maximum absolute atomic E-state index is 12.1. The van der Waals surface area contributed by atoms with Gasteiger partial charge in [-0.15, -0.1) is 11.8 Å². The first kappa shape index (κ1) is 18.5. The van der Waals surface area contributed by atoms with E-state index in [0.717, 1.165) is 16.3 Å². The zero-order valence-corrected chi connectivity index (χ0v) is 15.8. The lowest BCUT2D eigenvalue weighted by atomic mass is 10.2. The van der Waals surface area contributed by atoms with E-state index in [-0.39, 0.29) is 23.3 Å². The van der Waals surface area contributed by atoms with E-state index in [1.165, 1.54) is 11.8 Å². The minimum absolute atomic E-state index is 0.0292. The van der Waals surface area contributed by atoms with Gasteiger partial charge >= 0.3 is 0 Å². The van der Waals surface area contributed by atoms with Crippen LogP contribution >= 0.6 is 35.6 Å². The molecule has 0 unspecified atom stereocenters. The van der Waals surface area contributed by atoms with Gasteiger partial charge in [0.1, 0.15) is 0 Å². The van der Waals surface area contributed by atoms with Crippen LogP contribution in [0.2, 0.25) is 5.02 Å². The van der Waals surface area contributed by atoms with E-state index >= 15 is 0 Å². The number of para-hydroxylation sites is 1. The van der Waals surface area contributed by atoms with Crippen LogP contribution in [0.4, 0.5) is 11.4 Å². The van der Waals surface area contributed by atoms with Crippen LogP contribution < -0.4 is 21.5 Å². The quantitative estimate of drug-likeness (QED) is 0.463. The lowest BCUT2D eigenvalue weighted by Gasteiger charge is -2.23. The number of thiocarbonyl (C=S) groups is 1. The molecule has 0 aliphatic carbocycles. The van der Waals surface area contributed by atoms with Crippen LogP contribution in [0, 0.1) is 0 Å². The predicted molar refractivity (Wildman–Crippen MR) is 108 cm³/mol. The SMILES string of the molecule is O=C(C[C@@H]1Sc2ccccc2NC1=O)NNC(=S)Nc1ccc(Cl)cc1. The highest BCUT2D eigenvalue weighted by Crippen LogP contribution is 2.36. The van der Waals surface area contributed by atoms with Gasteiger partial charge in [-0.05, 0) is 48.6 Å². The number of rotatable bonds is 3. The highest BCUT2D eigenvalue weighted by Gasteiger charge is 2.28. The van der Waals surface area contributed by atoms with Crippen molar-refractivity contribution in [3.05, 3.63) is 53.6 Å². The average molecular weight is 407 g/mol. The number of amides is 2. The van der Waals surface area contributed by atoms with Gasteiger partial charge in [-0.2, -0.15) is 0 Å². The van der Waals surface area contributed by atoms with Crippen molar-refractivity contribution < 1.29 is 9.59 Å². The monoisotopic (exact) mass is 406 g/mol. The minimum atomic E-state index is -0.496. The first-order valence-corrected chi connectivity index (χ1v) is 9.36. The molecule has 0 saturated heterocycles. The van der Waals surface area contributed by atoms with Gasteiger partial charge in [0.15, 0.2) is 5.11 Å². The van der Waals surface area contributed by atoms with Gasteiger partial charge in [-0.3, -0.25) is 20.4 Å². The zero-order valence-electron chi connectivity index (χ0n) is 13.4. The molecule has 3 rings (SSSR count). The molecule has 1 aliphatic heterocycles. The summed E-state index contributed by atoms with van der Waals surface area (Å²) in [5.41, 5.74) is 6.61. The van der Waals surface area contributed by atoms with Crippen LogP contribution in [0.25, 0.3) is 0 Å². The number of thioether (sulfide) groups is 1. The number of benzene rings is 2. The van der Waals surface area contributed by atoms with Gasteiger partial charge < -0.3 is 10.6 Å². The van der Waals surface area contributed by atoms with Crippen molar-refractivity contribution in [1.82, 2.24) is 10.9 Å². The Hall–Kier alpha value is -2.29. The molecule has 0 saturated carbocycles. The first-order chi connectivity index (χ1) is 12.5. The number of fused-ring (bicyclic) bond motifs is 1. The normalized spacial score (nSPS) is 15.4. The van der Waals surface area contributed by atoms with E-state index in [0.29, 0.717) is 5.02 Å². The molecule has 2 aromatic rings. The smallest absolute Gasteiger partial charge is 0.240 e. The number of anilines is 2. The van der Waals surface area contributed by atoms with Crippen molar-refractivity contribution in [2.75, 3.05) is 10.6 Å². The molecule has 0 spiro atoms. The number of halogens is 1. The summed E-state index contributed by atoms with van der Waals surface area (Å²) in [6.45, 7) is 0. The van der Waals surface area contributed by atoms with Gasteiger partial charge in [0, 0.05) is 22.0 Å². The second-order valence-corrected chi connectivity index (χ2v) is 7.52. The molecule has 0 radical (unpaired) electrons. The number of hydrazine groups is 1. The lowest BCUT2D eigenvalue weighted by Crippen LogP contribution is -2.45. The van der Waals surface area contributed by atoms with Gasteiger partial charge in [-0.1, -0.05) is 23.7 Å². The Morgan fingerprint density at radius 2 is 1.88 bits per heavy atom. The molecule has 134 valence electrons. The molecule has 2 aromatic carbocycles. The van der Waals surface area contributed by atoms with Gasteiger partial charge in [0.25, 0.3) is 0 Å². The van der Waals surface area contributed by atoms with E-state index in [1.54, 1.807) is 24.3 Å². The zero-order chi connectivity index (χ0) is 18.5. The summed E-state index contributed by atoms with van der Waals surface area (Å²) in [4.78, 5) is 25.2. The largest absolute Gasteiger partial charge is 0.331 e. The van der Waals surface area contributed by atoms with Crippen LogP contribution in [0.15, 0.2) is 53.4 Å². The molecular formula is C17H15ClN4O2S2. The molecule has 2 amide bonds. The second-order valence-electron chi connectivity index (χ2n) is 5.43. The Morgan fingerprint density at radius 1 is 1.15 bits per heavy atom. The van der Waals surface area contributed by atoms with Crippen molar-refractivity contribution in [1.29, 1.82) is 0 Å². The average Bonchev–Trinajstić information content (AvgIpc) is 2.62. The number of carbonyl (C=O) groups excluding carboxylic acids is 2. The molecule has 1 heterocycles. The summed E-state index contributed by atoms with van der Waals surface area (Å²) in [5, 5.41) is 6.07. The van der Waals surface area contributed by atoms with Gasteiger partial charge in [0.2, 0.25) is 11.8 Å². The molecular weight excluding hydrogens is 392 g/mol. The van der Waals surface area contributed by atoms with Crippen LogP contribution in [-0.2, 0) is 9.59 Å². The van der Waals surface area contributed by atoms with Crippen LogP contribution in [-0.4, -0.2) is 22.2 Å². The van der Waals surface area contributed by atoms with Gasteiger partial charge in [0.05, 0.1) is 10.9 Å². The van der Waals surface area contributed by atoms with Crippen LogP contribution in [0.3, 0.4) is 0 Å². The fraction of sp³-hybridized carbons (Fsp3) is 0.118. The first-order valence-electron chi connectivity index (χ1n) is 7.69. The van der Waals surface area contributed by atoms with Crippen LogP contribution in [0.1, 0.15) is 6.42 Å². The summed E-state index contributed by atoms with van der Waals surface area (Å²) < 4.78 is 0. The highest BCUT2D eigenvalue weighted by molar-refractivity contribution is 8.01. The molecule has 0 fully saturated rings. The predicted octanol–water partition coefficient (Wildman–Crippen LogP) is 3.16. The summed E-state index contributed by atoms with van der Waals surface area (Å²) >= 11 is 12.3. The van der Waals surface area contributed by atoms with Crippen molar-refractivity contribution in [2.45, 2.75) is 16.6 Å². The topological polar surface area (TPSA) is 82.3 Å². The van der Waals surface area contributed by atoms with Gasteiger partial charge in [-0.25, -0.2) is 0 Å². The van der Waals surface area contributed by atoms with Crippen molar-refractivity contribution in [3.63, 3.8) is 0 Å². The van der Waals surface area contributed by atoms with E-state index in [2.05, 4.69) is 21.5 Å². The molecule has 9 heteroatoms. The number of nitrogens with one attached hydrogen (secondary N) is 4. The molecule has 6 nitrogen and oxygen atoms in total. The van der Waals surface area contributed by atoms with E-state index in [9.17, 15) is 9.59 Å². The van der Waals surface area contributed by atoms with Crippen molar-refractivity contribution in [2.24, 2.45) is 0 Å². The third-order valence-corrected chi connectivity index (χ3v) is 5.23. The molecule has 1 aliphatic rings.